The predicted octanol–water partition coefficient (Wildman–Crippen LogP) is 0.654. The maximum atomic E-state index is 12.6. The molecule has 1 N–H and O–H groups in total. The number of nitrogens with one attached hydrogen (secondary N) is 1. The molecule has 3 rings (SSSR count). The lowest BCUT2D eigenvalue weighted by atomic mass is 10.1. The highest BCUT2D eigenvalue weighted by molar-refractivity contribution is 5.69. The van der Waals surface area contributed by atoms with Crippen LogP contribution in [-0.4, -0.2) is 31.3 Å². The maximum Gasteiger partial charge on any atom is 0.332 e. The van der Waals surface area contributed by atoms with Gasteiger partial charge in [0.05, 0.1) is 6.33 Å². The third-order valence-corrected chi connectivity index (χ3v) is 4.41. The summed E-state index contributed by atoms with van der Waals surface area (Å²) in [6.07, 6.45) is 2.45. The summed E-state index contributed by atoms with van der Waals surface area (Å²) in [5, 5.41) is 3.38. The van der Waals surface area contributed by atoms with Crippen LogP contribution in [0.2, 0.25) is 0 Å². The normalized spacial score (nSPS) is 12.6. The number of fused-ring (bicyclic) bond motifs is 1. The van der Waals surface area contributed by atoms with E-state index < -0.39 is 0 Å². The Morgan fingerprint density at radius 2 is 1.88 bits per heavy atom. The Kier molecular flexibility index (Phi) is 4.85. The molecule has 7 heteroatoms. The van der Waals surface area contributed by atoms with Crippen LogP contribution in [0.1, 0.15) is 12.5 Å². The van der Waals surface area contributed by atoms with E-state index in [0.717, 1.165) is 6.42 Å². The van der Waals surface area contributed by atoms with Crippen molar-refractivity contribution in [1.82, 2.24) is 24.0 Å². The van der Waals surface area contributed by atoms with Gasteiger partial charge in [-0.1, -0.05) is 30.3 Å². The van der Waals surface area contributed by atoms with Gasteiger partial charge in [-0.05, 0) is 18.9 Å². The molecule has 0 spiro atoms. The first-order valence-electron chi connectivity index (χ1n) is 8.37. The summed E-state index contributed by atoms with van der Waals surface area (Å²) in [6.45, 7) is 2.97. The number of aromatic nitrogens is 4. The van der Waals surface area contributed by atoms with Gasteiger partial charge in [-0.15, -0.1) is 0 Å². The second-order valence-corrected chi connectivity index (χ2v) is 6.37. The minimum atomic E-state index is -0.339. The van der Waals surface area contributed by atoms with Crippen molar-refractivity contribution in [3.63, 3.8) is 0 Å². The predicted molar refractivity (Wildman–Crippen MR) is 97.8 cm³/mol. The Morgan fingerprint density at radius 3 is 2.60 bits per heavy atom. The molecule has 0 saturated carbocycles. The minimum Gasteiger partial charge on any atom is -0.328 e. The van der Waals surface area contributed by atoms with Crippen molar-refractivity contribution in [2.45, 2.75) is 25.9 Å². The molecule has 0 fully saturated rings. The van der Waals surface area contributed by atoms with Crippen molar-refractivity contribution >= 4 is 11.2 Å². The molecule has 132 valence electrons. The quantitative estimate of drug-likeness (QED) is 0.715. The Morgan fingerprint density at radius 1 is 1.16 bits per heavy atom. The highest BCUT2D eigenvalue weighted by atomic mass is 16.2. The standard InChI is InChI=1S/C18H23N5O2/c1-13(11-14-7-5-4-6-8-14)19-9-10-23-17(24)15-16(20-12-21(15)2)22(3)18(23)25/h4-8,12-13,19H,9-11H2,1-3H3. The molecule has 7 nitrogen and oxygen atoms in total. The van der Waals surface area contributed by atoms with Crippen molar-refractivity contribution in [2.24, 2.45) is 14.1 Å². The number of nitrogens with zero attached hydrogens (tertiary/aromatic N) is 4. The number of imidazole rings is 1. The molecule has 2 aromatic heterocycles. The third kappa shape index (κ3) is 3.41. The van der Waals surface area contributed by atoms with Gasteiger partial charge in [-0.2, -0.15) is 0 Å². The SMILES string of the molecule is CC(Cc1ccccc1)NCCn1c(=O)c2c(ncn2C)n(C)c1=O. The molecular formula is C18H23N5O2. The van der Waals surface area contributed by atoms with Crippen molar-refractivity contribution < 1.29 is 0 Å². The molecule has 25 heavy (non-hydrogen) atoms. The highest BCUT2D eigenvalue weighted by Crippen LogP contribution is 2.04. The fourth-order valence-electron chi connectivity index (χ4n) is 3.06. The van der Waals surface area contributed by atoms with Crippen LogP contribution >= 0.6 is 0 Å². The van der Waals surface area contributed by atoms with E-state index in [1.807, 2.05) is 18.2 Å². The van der Waals surface area contributed by atoms with E-state index in [1.54, 1.807) is 25.0 Å². The summed E-state index contributed by atoms with van der Waals surface area (Å²) in [7, 11) is 3.39. The molecule has 0 amide bonds. The number of rotatable bonds is 6. The Labute approximate surface area is 145 Å². The number of hydrogen-bond donors (Lipinski definition) is 1. The average Bonchev–Trinajstić information content (AvgIpc) is 2.99. The number of hydrogen-bond acceptors (Lipinski definition) is 4. The lowest BCUT2D eigenvalue weighted by Crippen LogP contribution is -2.42. The molecule has 0 bridgehead atoms. The van der Waals surface area contributed by atoms with Crippen molar-refractivity contribution in [2.75, 3.05) is 6.54 Å². The second kappa shape index (κ2) is 7.06. The lowest BCUT2D eigenvalue weighted by molar-refractivity contribution is 0.494. The smallest absolute Gasteiger partial charge is 0.328 e. The summed E-state index contributed by atoms with van der Waals surface area (Å²) >= 11 is 0. The van der Waals surface area contributed by atoms with Crippen LogP contribution in [0.25, 0.3) is 11.2 Å². The first kappa shape index (κ1) is 17.2. The van der Waals surface area contributed by atoms with Crippen molar-refractivity contribution in [3.8, 4) is 0 Å². The van der Waals surface area contributed by atoms with E-state index in [-0.39, 0.29) is 17.3 Å². The van der Waals surface area contributed by atoms with Gasteiger partial charge in [0.25, 0.3) is 5.56 Å². The number of benzene rings is 1. The van der Waals surface area contributed by atoms with Crippen LogP contribution in [0.15, 0.2) is 46.2 Å². The topological polar surface area (TPSA) is 73.8 Å². The van der Waals surface area contributed by atoms with E-state index >= 15 is 0 Å². The van der Waals surface area contributed by atoms with Gasteiger partial charge < -0.3 is 9.88 Å². The molecule has 0 aliphatic heterocycles. The molecule has 0 saturated heterocycles. The van der Waals surface area contributed by atoms with Crippen molar-refractivity contribution in [3.05, 3.63) is 63.1 Å². The molecule has 0 radical (unpaired) electrons. The zero-order chi connectivity index (χ0) is 18.0. The maximum absolute atomic E-state index is 12.6. The monoisotopic (exact) mass is 341 g/mol. The summed E-state index contributed by atoms with van der Waals surface area (Å²) < 4.78 is 4.34. The van der Waals surface area contributed by atoms with Gasteiger partial charge in [-0.25, -0.2) is 9.78 Å². The summed E-state index contributed by atoms with van der Waals surface area (Å²) in [5.74, 6) is 0. The molecule has 1 atom stereocenters. The molecule has 0 aliphatic carbocycles. The Balaban J connectivity index is 1.72. The summed E-state index contributed by atoms with van der Waals surface area (Å²) in [5.41, 5.74) is 1.48. The molecule has 3 aromatic rings. The fourth-order valence-corrected chi connectivity index (χ4v) is 3.06. The van der Waals surface area contributed by atoms with Crippen LogP contribution in [0.5, 0.6) is 0 Å². The molecule has 2 heterocycles. The first-order chi connectivity index (χ1) is 12.0. The molecular weight excluding hydrogens is 318 g/mol. The van der Waals surface area contributed by atoms with Gasteiger partial charge in [0, 0.05) is 33.2 Å². The van der Waals surface area contributed by atoms with Crippen LogP contribution in [0, 0.1) is 0 Å². The summed E-state index contributed by atoms with van der Waals surface area (Å²) in [6, 6.07) is 10.5. The zero-order valence-corrected chi connectivity index (χ0v) is 14.8. The van der Waals surface area contributed by atoms with Crippen molar-refractivity contribution in [1.29, 1.82) is 0 Å². The molecule has 1 aromatic carbocycles. The molecule has 1 unspecified atom stereocenters. The zero-order valence-electron chi connectivity index (χ0n) is 14.8. The number of aryl methyl sites for hydroxylation is 2. The average molecular weight is 341 g/mol. The highest BCUT2D eigenvalue weighted by Gasteiger charge is 2.14. The van der Waals surface area contributed by atoms with Crippen LogP contribution in [0.3, 0.4) is 0 Å². The van der Waals surface area contributed by atoms with Crippen LogP contribution in [0.4, 0.5) is 0 Å². The second-order valence-electron chi connectivity index (χ2n) is 6.37. The van der Waals surface area contributed by atoms with E-state index in [0.29, 0.717) is 24.3 Å². The van der Waals surface area contributed by atoms with E-state index in [1.165, 1.54) is 14.7 Å². The Hall–Kier alpha value is -2.67. The minimum absolute atomic E-state index is 0.252. The van der Waals surface area contributed by atoms with E-state index in [2.05, 4.69) is 29.4 Å². The van der Waals surface area contributed by atoms with Gasteiger partial charge in [0.1, 0.15) is 0 Å². The first-order valence-corrected chi connectivity index (χ1v) is 8.37. The van der Waals surface area contributed by atoms with Gasteiger partial charge in [-0.3, -0.25) is 13.9 Å². The summed E-state index contributed by atoms with van der Waals surface area (Å²) in [4.78, 5) is 29.2. The van der Waals surface area contributed by atoms with Gasteiger partial charge >= 0.3 is 5.69 Å². The fraction of sp³-hybridized carbons (Fsp3) is 0.389. The molecule has 0 aliphatic rings. The van der Waals surface area contributed by atoms with E-state index in [4.69, 9.17) is 0 Å². The van der Waals surface area contributed by atoms with E-state index in [9.17, 15) is 9.59 Å². The lowest BCUT2D eigenvalue weighted by Gasteiger charge is -2.15. The van der Waals surface area contributed by atoms with Gasteiger partial charge in [0.2, 0.25) is 0 Å². The largest absolute Gasteiger partial charge is 0.332 e. The van der Waals surface area contributed by atoms with Gasteiger partial charge in [0.15, 0.2) is 11.2 Å². The van der Waals surface area contributed by atoms with Crippen LogP contribution in [-0.2, 0) is 27.1 Å². The Bertz CT molecular complexity index is 984. The van der Waals surface area contributed by atoms with Crippen LogP contribution < -0.4 is 16.6 Å². The third-order valence-electron chi connectivity index (χ3n) is 4.41.